The van der Waals surface area contributed by atoms with E-state index in [4.69, 9.17) is 4.74 Å². The van der Waals surface area contributed by atoms with Crippen molar-refractivity contribution in [2.45, 2.75) is 63.7 Å². The minimum atomic E-state index is -0.160. The molecular weight excluding hydrogens is 265 g/mol. The smallest absolute Gasteiger partial charge is 0.128 e. The van der Waals surface area contributed by atoms with E-state index in [0.717, 1.165) is 25.3 Å². The third-order valence-corrected chi connectivity index (χ3v) is 4.97. The molecule has 0 aromatic heterocycles. The lowest BCUT2D eigenvalue weighted by Crippen LogP contribution is -2.46. The molecule has 3 rings (SSSR count). The summed E-state index contributed by atoms with van der Waals surface area (Å²) in [7, 11) is 0. The molecule has 3 heteroatoms. The summed E-state index contributed by atoms with van der Waals surface area (Å²) < 4.78 is 20.0. The summed E-state index contributed by atoms with van der Waals surface area (Å²) in [4.78, 5) is 0. The van der Waals surface area contributed by atoms with E-state index in [9.17, 15) is 4.39 Å². The van der Waals surface area contributed by atoms with Gasteiger partial charge in [0.2, 0.25) is 0 Å². The van der Waals surface area contributed by atoms with Crippen LogP contribution in [0.2, 0.25) is 0 Å². The van der Waals surface area contributed by atoms with E-state index in [0.29, 0.717) is 18.2 Å². The zero-order valence-corrected chi connectivity index (χ0v) is 12.9. The molecule has 2 aliphatic carbocycles. The lowest BCUT2D eigenvalue weighted by molar-refractivity contribution is -0.0858. The Hall–Kier alpha value is -0.930. The van der Waals surface area contributed by atoms with Gasteiger partial charge in [-0.25, -0.2) is 4.39 Å². The normalized spacial score (nSPS) is 29.5. The van der Waals surface area contributed by atoms with Crippen LogP contribution in [0, 0.1) is 11.7 Å². The van der Waals surface area contributed by atoms with Crippen molar-refractivity contribution >= 4 is 0 Å². The van der Waals surface area contributed by atoms with Crippen LogP contribution in [0.15, 0.2) is 24.3 Å². The summed E-state index contributed by atoms with van der Waals surface area (Å²) in [5.41, 5.74) is 0.569. The molecule has 0 aliphatic heterocycles. The van der Waals surface area contributed by atoms with E-state index in [-0.39, 0.29) is 11.4 Å². The Labute approximate surface area is 127 Å². The van der Waals surface area contributed by atoms with Crippen molar-refractivity contribution in [1.82, 2.24) is 5.32 Å². The lowest BCUT2D eigenvalue weighted by atomic mass is 9.79. The van der Waals surface area contributed by atoms with Crippen LogP contribution >= 0.6 is 0 Å². The van der Waals surface area contributed by atoms with Gasteiger partial charge < -0.3 is 10.1 Å². The Balaban J connectivity index is 1.62. The van der Waals surface area contributed by atoms with E-state index in [1.807, 2.05) is 12.1 Å². The van der Waals surface area contributed by atoms with Crippen LogP contribution in [0.25, 0.3) is 0 Å². The second-order valence-corrected chi connectivity index (χ2v) is 6.90. The number of benzene rings is 1. The average molecular weight is 291 g/mol. The fourth-order valence-electron chi connectivity index (χ4n) is 3.12. The minimum absolute atomic E-state index is 0.0998. The molecule has 21 heavy (non-hydrogen) atoms. The average Bonchev–Trinajstić information content (AvgIpc) is 3.31. The van der Waals surface area contributed by atoms with Crippen LogP contribution in [-0.2, 0) is 11.3 Å². The van der Waals surface area contributed by atoms with Crippen LogP contribution in [0.4, 0.5) is 4.39 Å². The van der Waals surface area contributed by atoms with Crippen molar-refractivity contribution in [1.29, 1.82) is 0 Å². The van der Waals surface area contributed by atoms with Crippen molar-refractivity contribution < 1.29 is 9.13 Å². The third-order valence-electron chi connectivity index (χ3n) is 4.97. The zero-order chi connectivity index (χ0) is 14.7. The van der Waals surface area contributed by atoms with Gasteiger partial charge in [-0.15, -0.1) is 0 Å². The Morgan fingerprint density at radius 2 is 1.90 bits per heavy atom. The minimum Gasteiger partial charge on any atom is -0.369 e. The summed E-state index contributed by atoms with van der Waals surface area (Å²) in [6, 6.07) is 7.63. The molecule has 0 atom stereocenters. The molecule has 1 N–H and O–H groups in total. The van der Waals surface area contributed by atoms with Gasteiger partial charge in [0.15, 0.2) is 0 Å². The molecule has 2 fully saturated rings. The molecule has 0 radical (unpaired) electrons. The molecule has 0 heterocycles. The lowest BCUT2D eigenvalue weighted by Gasteiger charge is -2.39. The maximum absolute atomic E-state index is 13.8. The molecule has 0 amide bonds. The summed E-state index contributed by atoms with van der Waals surface area (Å²) in [5, 5.41) is 3.61. The Kier molecular flexibility index (Phi) is 4.60. The molecule has 0 saturated heterocycles. The van der Waals surface area contributed by atoms with Crippen LogP contribution in [0.1, 0.15) is 51.0 Å². The van der Waals surface area contributed by atoms with Crippen molar-refractivity contribution in [2.75, 3.05) is 6.54 Å². The van der Waals surface area contributed by atoms with E-state index in [1.54, 1.807) is 6.07 Å². The second-order valence-electron chi connectivity index (χ2n) is 6.90. The van der Waals surface area contributed by atoms with E-state index in [1.165, 1.54) is 31.7 Å². The Morgan fingerprint density at radius 1 is 1.19 bits per heavy atom. The van der Waals surface area contributed by atoms with Gasteiger partial charge in [0.1, 0.15) is 5.82 Å². The molecule has 0 spiro atoms. The highest BCUT2D eigenvalue weighted by molar-refractivity contribution is 5.16. The number of rotatable bonds is 6. The zero-order valence-electron chi connectivity index (χ0n) is 12.9. The van der Waals surface area contributed by atoms with Crippen molar-refractivity contribution in [3.8, 4) is 0 Å². The SMILES string of the molecule is CC1CCC(CNC2CC2)(OCc2ccccc2F)CC1. The number of ether oxygens (including phenoxy) is 1. The predicted molar refractivity (Wildman–Crippen MR) is 82.6 cm³/mol. The maximum Gasteiger partial charge on any atom is 0.128 e. The summed E-state index contributed by atoms with van der Waals surface area (Å²) in [5.74, 6) is 0.628. The van der Waals surface area contributed by atoms with Crippen LogP contribution < -0.4 is 5.32 Å². The topological polar surface area (TPSA) is 21.3 Å². The number of halogens is 1. The van der Waals surface area contributed by atoms with Gasteiger partial charge in [-0.1, -0.05) is 25.1 Å². The van der Waals surface area contributed by atoms with E-state index >= 15 is 0 Å². The molecule has 1 aromatic carbocycles. The molecule has 0 bridgehead atoms. The monoisotopic (exact) mass is 291 g/mol. The maximum atomic E-state index is 13.8. The molecule has 2 nitrogen and oxygen atoms in total. The summed E-state index contributed by atoms with van der Waals surface area (Å²) in [6.07, 6.45) is 7.18. The first-order valence-corrected chi connectivity index (χ1v) is 8.28. The third kappa shape index (κ3) is 4.04. The summed E-state index contributed by atoms with van der Waals surface area (Å²) in [6.45, 7) is 3.61. The molecule has 1 aromatic rings. The van der Waals surface area contributed by atoms with Gasteiger partial charge in [-0.3, -0.25) is 0 Å². The molecule has 116 valence electrons. The van der Waals surface area contributed by atoms with Crippen molar-refractivity contribution in [3.63, 3.8) is 0 Å². The first kappa shape index (κ1) is 15.0. The molecule has 0 unspecified atom stereocenters. The quantitative estimate of drug-likeness (QED) is 0.854. The van der Waals surface area contributed by atoms with Crippen LogP contribution in [0.5, 0.6) is 0 Å². The van der Waals surface area contributed by atoms with Gasteiger partial charge in [-0.05, 0) is 50.5 Å². The molecular formula is C18H26FNO. The van der Waals surface area contributed by atoms with Gasteiger partial charge in [-0.2, -0.15) is 0 Å². The van der Waals surface area contributed by atoms with Gasteiger partial charge in [0.05, 0.1) is 12.2 Å². The van der Waals surface area contributed by atoms with Gasteiger partial charge in [0, 0.05) is 18.2 Å². The first-order valence-electron chi connectivity index (χ1n) is 8.28. The van der Waals surface area contributed by atoms with Crippen molar-refractivity contribution in [3.05, 3.63) is 35.6 Å². The van der Waals surface area contributed by atoms with Crippen LogP contribution in [0.3, 0.4) is 0 Å². The first-order chi connectivity index (χ1) is 10.2. The molecule has 2 saturated carbocycles. The number of hydrogen-bond acceptors (Lipinski definition) is 2. The predicted octanol–water partition coefficient (Wildman–Crippen LogP) is 4.04. The highest BCUT2D eigenvalue weighted by atomic mass is 19.1. The highest BCUT2D eigenvalue weighted by Crippen LogP contribution is 2.36. The fraction of sp³-hybridized carbons (Fsp3) is 0.667. The van der Waals surface area contributed by atoms with Crippen LogP contribution in [-0.4, -0.2) is 18.2 Å². The molecule has 2 aliphatic rings. The number of nitrogens with one attached hydrogen (secondary N) is 1. The highest BCUT2D eigenvalue weighted by Gasteiger charge is 2.36. The van der Waals surface area contributed by atoms with E-state index in [2.05, 4.69) is 12.2 Å². The summed E-state index contributed by atoms with van der Waals surface area (Å²) >= 11 is 0. The Morgan fingerprint density at radius 3 is 2.57 bits per heavy atom. The van der Waals surface area contributed by atoms with Crippen molar-refractivity contribution in [2.24, 2.45) is 5.92 Å². The van der Waals surface area contributed by atoms with E-state index < -0.39 is 0 Å². The number of hydrogen-bond donors (Lipinski definition) is 1. The fourth-order valence-corrected chi connectivity index (χ4v) is 3.12. The Bertz CT molecular complexity index is 464. The van der Waals surface area contributed by atoms with Gasteiger partial charge >= 0.3 is 0 Å². The second kappa shape index (κ2) is 6.45. The standard InChI is InChI=1S/C18H26FNO/c1-14-8-10-18(11-9-14,13-20-16-6-7-16)21-12-15-4-2-3-5-17(15)19/h2-5,14,16,20H,6-13H2,1H3. The largest absolute Gasteiger partial charge is 0.369 e. The van der Waals surface area contributed by atoms with Gasteiger partial charge in [0.25, 0.3) is 0 Å².